The van der Waals surface area contributed by atoms with Crippen molar-refractivity contribution in [3.05, 3.63) is 64.2 Å². The van der Waals surface area contributed by atoms with Crippen LogP contribution in [-0.4, -0.2) is 28.7 Å². The summed E-state index contributed by atoms with van der Waals surface area (Å²) in [7, 11) is 0. The lowest BCUT2D eigenvalue weighted by Gasteiger charge is -2.29. The maximum absolute atomic E-state index is 12.9. The van der Waals surface area contributed by atoms with Gasteiger partial charge in [0, 0.05) is 12.0 Å². The van der Waals surface area contributed by atoms with Crippen LogP contribution in [0.2, 0.25) is 5.02 Å². The van der Waals surface area contributed by atoms with Gasteiger partial charge in [-0.1, -0.05) is 35.9 Å². The van der Waals surface area contributed by atoms with Crippen molar-refractivity contribution in [3.8, 4) is 0 Å². The molecule has 0 spiro atoms. The largest absolute Gasteiger partial charge is 0.433 e. The van der Waals surface area contributed by atoms with Crippen LogP contribution in [0.1, 0.15) is 40.6 Å². The number of carbonyl (C=O) groups excluding carboxylic acids is 3. The molecule has 2 aromatic rings. The van der Waals surface area contributed by atoms with Gasteiger partial charge in [0.1, 0.15) is 6.04 Å². The van der Waals surface area contributed by atoms with Gasteiger partial charge < -0.3 is 10.1 Å². The molecule has 0 bridgehead atoms. The van der Waals surface area contributed by atoms with Gasteiger partial charge in [-0.25, -0.2) is 4.79 Å². The first-order valence-electron chi connectivity index (χ1n) is 8.64. The van der Waals surface area contributed by atoms with Crippen molar-refractivity contribution in [2.24, 2.45) is 0 Å². The van der Waals surface area contributed by atoms with Crippen molar-refractivity contribution in [1.82, 2.24) is 4.90 Å². The summed E-state index contributed by atoms with van der Waals surface area (Å²) < 4.78 is 5.42. The summed E-state index contributed by atoms with van der Waals surface area (Å²) in [5.74, 6) is -1.07. The van der Waals surface area contributed by atoms with Crippen molar-refractivity contribution < 1.29 is 19.1 Å². The molecule has 7 heteroatoms. The highest BCUT2D eigenvalue weighted by Crippen LogP contribution is 2.38. The second kappa shape index (κ2) is 6.70. The Morgan fingerprint density at radius 1 is 1.22 bits per heavy atom. The molecule has 6 nitrogen and oxygen atoms in total. The van der Waals surface area contributed by atoms with E-state index in [1.807, 2.05) is 13.0 Å². The van der Waals surface area contributed by atoms with Crippen molar-refractivity contribution in [1.29, 1.82) is 0 Å². The average Bonchev–Trinajstić information content (AvgIpc) is 3.18. The second-order valence-electron chi connectivity index (χ2n) is 6.67. The predicted molar refractivity (Wildman–Crippen MR) is 99.3 cm³/mol. The van der Waals surface area contributed by atoms with Gasteiger partial charge in [0.25, 0.3) is 0 Å². The van der Waals surface area contributed by atoms with Crippen LogP contribution in [0, 0.1) is 6.92 Å². The number of nitrogens with zero attached hydrogens (tertiary/aromatic N) is 1. The molecule has 0 saturated carbocycles. The molecule has 2 atom stereocenters. The van der Waals surface area contributed by atoms with Crippen LogP contribution in [0.3, 0.4) is 0 Å². The Morgan fingerprint density at radius 2 is 2.00 bits per heavy atom. The Hall–Kier alpha value is -2.86. The lowest BCUT2D eigenvalue weighted by atomic mass is 10.1. The number of esters is 1. The number of halogens is 1. The standard InChI is InChI=1S/C20H17ClN2O4/c1-11-6-7-15(14(21)10-11)22-18(25)16-8-9-17(24)23(16)19-12-4-2-3-5-13(12)20(26)27-19/h2-7,10,16,19H,8-9H2,1H3,(H,22,25). The van der Waals surface area contributed by atoms with Crippen LogP contribution in [-0.2, 0) is 14.3 Å². The number of hydrogen-bond acceptors (Lipinski definition) is 4. The first-order chi connectivity index (χ1) is 13.0. The molecule has 1 fully saturated rings. The number of aryl methyl sites for hydroxylation is 1. The Morgan fingerprint density at radius 3 is 2.78 bits per heavy atom. The first kappa shape index (κ1) is 17.5. The molecule has 2 aliphatic heterocycles. The van der Waals surface area contributed by atoms with E-state index in [2.05, 4.69) is 5.32 Å². The number of ether oxygens (including phenoxy) is 1. The molecule has 4 rings (SSSR count). The molecule has 1 N–H and O–H groups in total. The number of hydrogen-bond donors (Lipinski definition) is 1. The van der Waals surface area contributed by atoms with E-state index in [1.54, 1.807) is 36.4 Å². The van der Waals surface area contributed by atoms with E-state index in [9.17, 15) is 14.4 Å². The summed E-state index contributed by atoms with van der Waals surface area (Å²) in [6.45, 7) is 1.90. The Bertz CT molecular complexity index is 959. The highest BCUT2D eigenvalue weighted by Gasteiger charge is 2.46. The van der Waals surface area contributed by atoms with E-state index >= 15 is 0 Å². The monoisotopic (exact) mass is 384 g/mol. The minimum atomic E-state index is -0.882. The molecule has 0 radical (unpaired) electrons. The van der Waals surface area contributed by atoms with E-state index in [4.69, 9.17) is 16.3 Å². The maximum atomic E-state index is 12.9. The summed E-state index contributed by atoms with van der Waals surface area (Å²) in [6.07, 6.45) is -0.312. The molecule has 2 aliphatic rings. The number of benzene rings is 2. The maximum Gasteiger partial charge on any atom is 0.340 e. The van der Waals surface area contributed by atoms with Gasteiger partial charge in [-0.2, -0.15) is 0 Å². The summed E-state index contributed by atoms with van der Waals surface area (Å²) in [5.41, 5.74) is 2.48. The molecule has 2 heterocycles. The van der Waals surface area contributed by atoms with Crippen LogP contribution in [0.5, 0.6) is 0 Å². The Labute approximate surface area is 161 Å². The number of likely N-dealkylation sites (tertiary alicyclic amines) is 1. The van der Waals surface area contributed by atoms with E-state index in [0.717, 1.165) is 5.56 Å². The van der Waals surface area contributed by atoms with Crippen LogP contribution < -0.4 is 5.32 Å². The molecule has 27 heavy (non-hydrogen) atoms. The number of nitrogens with one attached hydrogen (secondary N) is 1. The van der Waals surface area contributed by atoms with Crippen LogP contribution in [0.25, 0.3) is 0 Å². The molecule has 2 amide bonds. The third-order valence-electron chi connectivity index (χ3n) is 4.86. The van der Waals surface area contributed by atoms with Gasteiger partial charge in [-0.3, -0.25) is 14.5 Å². The summed E-state index contributed by atoms with van der Waals surface area (Å²) in [4.78, 5) is 38.8. The smallest absolute Gasteiger partial charge is 0.340 e. The molecule has 0 aliphatic carbocycles. The van der Waals surface area contributed by atoms with Crippen LogP contribution in [0.4, 0.5) is 5.69 Å². The number of fused-ring (bicyclic) bond motifs is 1. The molecular weight excluding hydrogens is 368 g/mol. The van der Waals surface area contributed by atoms with E-state index in [-0.39, 0.29) is 18.2 Å². The second-order valence-corrected chi connectivity index (χ2v) is 7.08. The van der Waals surface area contributed by atoms with Crippen molar-refractivity contribution in [2.45, 2.75) is 32.0 Å². The Kier molecular flexibility index (Phi) is 4.36. The van der Waals surface area contributed by atoms with Gasteiger partial charge in [-0.15, -0.1) is 0 Å². The first-order valence-corrected chi connectivity index (χ1v) is 9.01. The fourth-order valence-electron chi connectivity index (χ4n) is 3.52. The fraction of sp³-hybridized carbons (Fsp3) is 0.250. The number of rotatable bonds is 3. The van der Waals surface area contributed by atoms with Crippen molar-refractivity contribution in [2.75, 3.05) is 5.32 Å². The SMILES string of the molecule is Cc1ccc(NC(=O)C2CCC(=O)N2C2OC(=O)c3ccccc32)c(Cl)c1. The van der Waals surface area contributed by atoms with E-state index in [1.165, 1.54) is 4.90 Å². The number of anilines is 1. The van der Waals surface area contributed by atoms with Crippen molar-refractivity contribution >= 4 is 35.1 Å². The number of cyclic esters (lactones) is 1. The normalized spacial score (nSPS) is 21.2. The highest BCUT2D eigenvalue weighted by molar-refractivity contribution is 6.33. The summed E-state index contributed by atoms with van der Waals surface area (Å²) >= 11 is 6.19. The highest BCUT2D eigenvalue weighted by atomic mass is 35.5. The molecule has 1 saturated heterocycles. The zero-order valence-corrected chi connectivity index (χ0v) is 15.3. The molecular formula is C20H17ClN2O4. The van der Waals surface area contributed by atoms with Crippen LogP contribution in [0.15, 0.2) is 42.5 Å². The van der Waals surface area contributed by atoms with Gasteiger partial charge in [0.2, 0.25) is 18.0 Å². The fourth-order valence-corrected chi connectivity index (χ4v) is 3.81. The summed E-state index contributed by atoms with van der Waals surface area (Å²) in [5, 5.41) is 3.21. The minimum Gasteiger partial charge on any atom is -0.433 e. The van der Waals surface area contributed by atoms with Crippen LogP contribution >= 0.6 is 11.6 Å². The lowest BCUT2D eigenvalue weighted by Crippen LogP contribution is -2.43. The molecule has 2 unspecified atom stereocenters. The van der Waals surface area contributed by atoms with Gasteiger partial charge >= 0.3 is 5.97 Å². The quantitative estimate of drug-likeness (QED) is 0.822. The topological polar surface area (TPSA) is 75.7 Å². The van der Waals surface area contributed by atoms with Gasteiger partial charge in [0.05, 0.1) is 16.3 Å². The number of amides is 2. The zero-order valence-electron chi connectivity index (χ0n) is 14.6. The Balaban J connectivity index is 1.60. The zero-order chi connectivity index (χ0) is 19.1. The third-order valence-corrected chi connectivity index (χ3v) is 5.17. The van der Waals surface area contributed by atoms with Gasteiger partial charge in [0.15, 0.2) is 0 Å². The summed E-state index contributed by atoms with van der Waals surface area (Å²) in [6, 6.07) is 11.5. The molecule has 2 aromatic carbocycles. The van der Waals surface area contributed by atoms with Gasteiger partial charge in [-0.05, 0) is 37.1 Å². The van der Waals surface area contributed by atoms with E-state index in [0.29, 0.717) is 28.3 Å². The third kappa shape index (κ3) is 3.06. The number of carbonyl (C=O) groups is 3. The van der Waals surface area contributed by atoms with E-state index < -0.39 is 18.2 Å². The minimum absolute atomic E-state index is 0.218. The molecule has 138 valence electrons. The molecule has 0 aromatic heterocycles. The lowest BCUT2D eigenvalue weighted by molar-refractivity contribution is -0.144. The average molecular weight is 385 g/mol. The van der Waals surface area contributed by atoms with Crippen molar-refractivity contribution in [3.63, 3.8) is 0 Å². The predicted octanol–water partition coefficient (Wildman–Crippen LogP) is 3.45.